The van der Waals surface area contributed by atoms with Gasteiger partial charge in [0.2, 0.25) is 11.8 Å². The lowest BCUT2D eigenvalue weighted by Crippen LogP contribution is -2.56. The number of amides is 2. The second-order valence-electron chi connectivity index (χ2n) is 10.0. The lowest BCUT2D eigenvalue weighted by molar-refractivity contribution is -0.143. The van der Waals surface area contributed by atoms with Crippen molar-refractivity contribution < 1.29 is 14.3 Å². The lowest BCUT2D eigenvalue weighted by atomic mass is 9.90. The van der Waals surface area contributed by atoms with Gasteiger partial charge < -0.3 is 14.5 Å². The normalized spacial score (nSPS) is 25.3. The summed E-state index contributed by atoms with van der Waals surface area (Å²) >= 11 is 0. The number of carbonyl (C=O) groups is 2. The number of carbonyl (C=O) groups excluding carboxylic acids is 2. The van der Waals surface area contributed by atoms with Gasteiger partial charge in [0.25, 0.3) is 0 Å². The molecule has 2 unspecified atom stereocenters. The van der Waals surface area contributed by atoms with Gasteiger partial charge in [0.1, 0.15) is 6.61 Å². The van der Waals surface area contributed by atoms with E-state index in [1.807, 2.05) is 17.9 Å². The van der Waals surface area contributed by atoms with E-state index in [9.17, 15) is 9.59 Å². The fraction of sp³-hybridized carbons (Fsp3) is 0.704. The third-order valence-corrected chi connectivity index (χ3v) is 7.90. The predicted octanol–water partition coefficient (Wildman–Crippen LogP) is 4.36. The fourth-order valence-corrected chi connectivity index (χ4v) is 6.27. The number of hydrogen-bond acceptors (Lipinski definition) is 4. The van der Waals surface area contributed by atoms with Crippen molar-refractivity contribution in [3.8, 4) is 0 Å². The third kappa shape index (κ3) is 5.60. The molecule has 1 aromatic rings. The Morgan fingerprint density at radius 2 is 1.64 bits per heavy atom. The van der Waals surface area contributed by atoms with E-state index in [4.69, 9.17) is 4.74 Å². The second-order valence-corrected chi connectivity index (χ2v) is 10.0. The minimum Gasteiger partial charge on any atom is -0.375 e. The summed E-state index contributed by atoms with van der Waals surface area (Å²) in [4.78, 5) is 33.1. The molecule has 2 fully saturated rings. The van der Waals surface area contributed by atoms with E-state index in [1.54, 1.807) is 7.11 Å². The maximum absolute atomic E-state index is 13.2. The van der Waals surface area contributed by atoms with Crippen molar-refractivity contribution in [2.24, 2.45) is 0 Å². The standard InChI is InChI=1S/C27H41N3O3/c1-3-26(31)29-17-16-23-13-9-14-24(30(23)27(32)20-33-2)19-28(22-11-5-4-6-12-22)18-21-10-7-8-15-25(21)29/h7-8,10,15,22-24H,3-6,9,11-14,16-20H2,1-2H3. The molecule has 4 rings (SSSR count). The van der Waals surface area contributed by atoms with Crippen molar-refractivity contribution in [1.82, 2.24) is 9.80 Å². The number of fused-ring (bicyclic) bond motifs is 3. The Labute approximate surface area is 199 Å². The molecule has 6 nitrogen and oxygen atoms in total. The highest BCUT2D eigenvalue weighted by atomic mass is 16.5. The van der Waals surface area contributed by atoms with Crippen LogP contribution in [-0.4, -0.2) is 66.5 Å². The van der Waals surface area contributed by atoms with Crippen LogP contribution in [0.5, 0.6) is 0 Å². The summed E-state index contributed by atoms with van der Waals surface area (Å²) in [7, 11) is 1.60. The van der Waals surface area contributed by atoms with Crippen LogP contribution in [0.3, 0.4) is 0 Å². The first-order valence-corrected chi connectivity index (χ1v) is 13.0. The van der Waals surface area contributed by atoms with Crippen molar-refractivity contribution in [3.05, 3.63) is 29.8 Å². The highest BCUT2D eigenvalue weighted by Crippen LogP contribution is 2.33. The van der Waals surface area contributed by atoms with Crippen molar-refractivity contribution in [1.29, 1.82) is 0 Å². The first-order chi connectivity index (χ1) is 16.1. The summed E-state index contributed by atoms with van der Waals surface area (Å²) in [6, 6.07) is 9.37. The Bertz CT molecular complexity index is 808. The Morgan fingerprint density at radius 1 is 0.909 bits per heavy atom. The van der Waals surface area contributed by atoms with Gasteiger partial charge in [-0.3, -0.25) is 14.5 Å². The molecule has 0 radical (unpaired) electrons. The molecule has 2 atom stereocenters. The summed E-state index contributed by atoms with van der Waals surface area (Å²) in [5.74, 6) is 0.258. The largest absolute Gasteiger partial charge is 0.375 e. The van der Waals surface area contributed by atoms with E-state index in [1.165, 1.54) is 37.7 Å². The molecule has 0 aromatic heterocycles. The van der Waals surface area contributed by atoms with Gasteiger partial charge in [-0.05, 0) is 50.2 Å². The molecule has 1 saturated carbocycles. The zero-order valence-electron chi connectivity index (χ0n) is 20.5. The Hall–Kier alpha value is -1.92. The molecular weight excluding hydrogens is 414 g/mol. The molecule has 1 aromatic carbocycles. The van der Waals surface area contributed by atoms with Gasteiger partial charge in [-0.1, -0.05) is 44.4 Å². The maximum Gasteiger partial charge on any atom is 0.249 e. The van der Waals surface area contributed by atoms with Crippen LogP contribution < -0.4 is 4.90 Å². The molecule has 182 valence electrons. The smallest absolute Gasteiger partial charge is 0.249 e. The number of methoxy groups -OCH3 is 1. The number of anilines is 1. The first-order valence-electron chi connectivity index (χ1n) is 13.0. The molecule has 3 aliphatic rings. The number of rotatable bonds is 4. The van der Waals surface area contributed by atoms with Gasteiger partial charge in [-0.25, -0.2) is 0 Å². The van der Waals surface area contributed by atoms with E-state index in [0.717, 1.165) is 44.5 Å². The molecule has 2 heterocycles. The second kappa shape index (κ2) is 11.5. The molecule has 1 aliphatic carbocycles. The molecule has 0 spiro atoms. The molecule has 2 aliphatic heterocycles. The first kappa shape index (κ1) is 24.2. The molecule has 0 N–H and O–H groups in total. The highest BCUT2D eigenvalue weighted by molar-refractivity contribution is 5.94. The maximum atomic E-state index is 13.2. The number of para-hydroxylation sites is 1. The molecule has 2 amide bonds. The van der Waals surface area contributed by atoms with Crippen LogP contribution in [-0.2, 0) is 20.9 Å². The zero-order valence-corrected chi connectivity index (χ0v) is 20.5. The van der Waals surface area contributed by atoms with E-state index in [-0.39, 0.29) is 30.5 Å². The molecule has 33 heavy (non-hydrogen) atoms. The quantitative estimate of drug-likeness (QED) is 0.677. The lowest BCUT2D eigenvalue weighted by Gasteiger charge is -2.45. The average molecular weight is 456 g/mol. The number of nitrogens with zero attached hydrogens (tertiary/aromatic N) is 3. The minimum absolute atomic E-state index is 0.0981. The van der Waals surface area contributed by atoms with Gasteiger partial charge in [0, 0.05) is 57.0 Å². The van der Waals surface area contributed by atoms with Crippen molar-refractivity contribution in [3.63, 3.8) is 0 Å². The zero-order chi connectivity index (χ0) is 23.2. The van der Waals surface area contributed by atoms with Gasteiger partial charge in [-0.2, -0.15) is 0 Å². The van der Waals surface area contributed by atoms with E-state index in [0.29, 0.717) is 19.0 Å². The van der Waals surface area contributed by atoms with Crippen LogP contribution in [0.25, 0.3) is 0 Å². The highest BCUT2D eigenvalue weighted by Gasteiger charge is 2.37. The molecular formula is C27H41N3O3. The molecule has 2 bridgehead atoms. The fourth-order valence-electron chi connectivity index (χ4n) is 6.27. The van der Waals surface area contributed by atoms with Gasteiger partial charge in [0.05, 0.1) is 0 Å². The van der Waals surface area contributed by atoms with Crippen molar-refractivity contribution in [2.75, 3.05) is 31.7 Å². The summed E-state index contributed by atoms with van der Waals surface area (Å²) in [5.41, 5.74) is 2.28. The van der Waals surface area contributed by atoms with E-state index in [2.05, 4.69) is 28.0 Å². The van der Waals surface area contributed by atoms with Crippen LogP contribution in [0.1, 0.15) is 76.7 Å². The van der Waals surface area contributed by atoms with Gasteiger partial charge >= 0.3 is 0 Å². The summed E-state index contributed by atoms with van der Waals surface area (Å²) in [6.45, 7) is 4.47. The average Bonchev–Trinajstić information content (AvgIpc) is 2.86. The van der Waals surface area contributed by atoms with Crippen molar-refractivity contribution in [2.45, 2.75) is 95.8 Å². The summed E-state index contributed by atoms with van der Waals surface area (Å²) < 4.78 is 5.28. The SMILES string of the molecule is CCC(=O)N1CCC2CCCC(CN(C3CCCCC3)Cc3ccccc31)N2C(=O)COC. The van der Waals surface area contributed by atoms with Gasteiger partial charge in [0.15, 0.2) is 0 Å². The van der Waals surface area contributed by atoms with Crippen LogP contribution in [0.4, 0.5) is 5.69 Å². The van der Waals surface area contributed by atoms with E-state index < -0.39 is 0 Å². The van der Waals surface area contributed by atoms with Crippen LogP contribution in [0, 0.1) is 0 Å². The van der Waals surface area contributed by atoms with Gasteiger partial charge in [-0.15, -0.1) is 0 Å². The topological polar surface area (TPSA) is 53.1 Å². The van der Waals surface area contributed by atoms with Crippen molar-refractivity contribution >= 4 is 17.5 Å². The summed E-state index contributed by atoms with van der Waals surface area (Å²) in [5, 5.41) is 0. The predicted molar refractivity (Wildman–Crippen MR) is 131 cm³/mol. The van der Waals surface area contributed by atoms with Crippen LogP contribution in [0.2, 0.25) is 0 Å². The molecule has 6 heteroatoms. The summed E-state index contributed by atoms with van der Waals surface area (Å²) in [6.07, 6.45) is 10.8. The Morgan fingerprint density at radius 3 is 2.39 bits per heavy atom. The number of ether oxygens (including phenoxy) is 1. The Balaban J connectivity index is 1.73. The monoisotopic (exact) mass is 455 g/mol. The third-order valence-electron chi connectivity index (χ3n) is 7.90. The van der Waals surface area contributed by atoms with Crippen LogP contribution in [0.15, 0.2) is 24.3 Å². The molecule has 1 saturated heterocycles. The van der Waals surface area contributed by atoms with Crippen LogP contribution >= 0.6 is 0 Å². The number of hydrogen-bond donors (Lipinski definition) is 0. The number of piperidine rings is 1. The van der Waals surface area contributed by atoms with E-state index >= 15 is 0 Å². The Kier molecular flexibility index (Phi) is 8.42. The number of benzene rings is 1. The minimum atomic E-state index is 0.0981.